The summed E-state index contributed by atoms with van der Waals surface area (Å²) in [6.07, 6.45) is 1.64. The molecular weight excluding hydrogens is 561 g/mol. The molecule has 1 fully saturated rings. The average molecular weight is 600 g/mol. The van der Waals surface area contributed by atoms with E-state index >= 15 is 0 Å². The van der Waals surface area contributed by atoms with Crippen molar-refractivity contribution in [3.8, 4) is 5.75 Å². The Morgan fingerprint density at radius 2 is 1.85 bits per heavy atom. The summed E-state index contributed by atoms with van der Waals surface area (Å²) < 4.78 is 31.1. The quantitative estimate of drug-likeness (QED) is 0.138. The molecular formula is C30H38N3O6PS. The summed E-state index contributed by atoms with van der Waals surface area (Å²) in [4.78, 5) is 29.5. The molecule has 9 nitrogen and oxygen atoms in total. The molecule has 1 aliphatic heterocycles. The number of phosphoric ester groups is 1. The smallest absolute Gasteiger partial charge is 0.272 e. The van der Waals surface area contributed by atoms with Crippen molar-refractivity contribution >= 4 is 45.8 Å². The number of pyridine rings is 1. The maximum atomic E-state index is 12.6. The number of rotatable bonds is 11. The second kappa shape index (κ2) is 12.3. The van der Waals surface area contributed by atoms with E-state index in [0.29, 0.717) is 16.8 Å². The first-order chi connectivity index (χ1) is 19.5. The molecule has 2 aromatic heterocycles. The number of quaternary nitrogens is 1. The zero-order valence-electron chi connectivity index (χ0n) is 23.8. The maximum absolute atomic E-state index is 12.6. The lowest BCUT2D eigenvalue weighted by molar-refractivity contribution is -0.943. The number of nitrogens with zero attached hydrogens (tertiary/aromatic N) is 2. The molecule has 220 valence electrons. The lowest BCUT2D eigenvalue weighted by Crippen LogP contribution is -2.61. The van der Waals surface area contributed by atoms with Gasteiger partial charge in [0.15, 0.2) is 6.73 Å². The first-order valence-electron chi connectivity index (χ1n) is 14.0. The Bertz CT molecular complexity index is 1590. The molecule has 0 amide bonds. The molecule has 41 heavy (non-hydrogen) atoms. The predicted octanol–water partition coefficient (Wildman–Crippen LogP) is 5.50. The third-order valence-electron chi connectivity index (χ3n) is 7.37. The van der Waals surface area contributed by atoms with Gasteiger partial charge in [0.05, 0.1) is 50.4 Å². The van der Waals surface area contributed by atoms with Crippen molar-refractivity contribution in [3.63, 3.8) is 0 Å². The molecule has 1 saturated heterocycles. The van der Waals surface area contributed by atoms with Gasteiger partial charge >= 0.3 is 0 Å². The Balaban J connectivity index is 1.21. The number of unbranched alkanes of at least 4 members (excludes halogenated alkanes) is 1. The summed E-state index contributed by atoms with van der Waals surface area (Å²) in [5, 5.41) is 4.32. The van der Waals surface area contributed by atoms with E-state index in [1.165, 1.54) is 21.8 Å². The molecule has 1 atom stereocenters. The number of hydrogen-bond acceptors (Lipinski definition) is 8. The topological polar surface area (TPSA) is 104 Å². The largest absolute Gasteiger partial charge is 0.756 e. The zero-order chi connectivity index (χ0) is 29.1. The normalized spacial score (nSPS) is 17.1. The molecule has 2 aromatic carbocycles. The van der Waals surface area contributed by atoms with Crippen LogP contribution in [-0.4, -0.2) is 61.1 Å². The monoisotopic (exact) mass is 599 g/mol. The zero-order valence-corrected chi connectivity index (χ0v) is 25.5. The number of thiophene rings is 1. The lowest BCUT2D eigenvalue weighted by Gasteiger charge is -2.46. The number of anilines is 1. The highest BCUT2D eigenvalue weighted by atomic mass is 32.1. The van der Waals surface area contributed by atoms with Crippen molar-refractivity contribution in [2.45, 2.75) is 39.2 Å². The van der Waals surface area contributed by atoms with Crippen LogP contribution in [0.2, 0.25) is 0 Å². The molecule has 3 heterocycles. The minimum absolute atomic E-state index is 0.0479. The molecule has 11 heteroatoms. The maximum Gasteiger partial charge on any atom is 0.272 e. The minimum Gasteiger partial charge on any atom is -0.756 e. The molecule has 0 spiro atoms. The van der Waals surface area contributed by atoms with Gasteiger partial charge in [0.2, 0.25) is 5.56 Å². The van der Waals surface area contributed by atoms with Gasteiger partial charge in [-0.3, -0.25) is 18.4 Å². The van der Waals surface area contributed by atoms with E-state index < -0.39 is 13.4 Å². The highest BCUT2D eigenvalue weighted by Crippen LogP contribution is 2.43. The highest BCUT2D eigenvalue weighted by Gasteiger charge is 2.35. The Labute approximate surface area is 244 Å². The van der Waals surface area contributed by atoms with Crippen LogP contribution in [-0.2, 0) is 13.6 Å². The molecule has 0 aliphatic carbocycles. The summed E-state index contributed by atoms with van der Waals surface area (Å²) in [5.41, 5.74) is 0.964. The van der Waals surface area contributed by atoms with Crippen LogP contribution in [0.15, 0.2) is 64.8 Å². The number of benzene rings is 2. The van der Waals surface area contributed by atoms with Gasteiger partial charge in [-0.2, -0.15) is 0 Å². The molecule has 1 N–H and O–H groups in total. The van der Waals surface area contributed by atoms with Gasteiger partial charge in [-0.05, 0) is 80.8 Å². The molecule has 0 saturated carbocycles. The van der Waals surface area contributed by atoms with Crippen molar-refractivity contribution in [2.24, 2.45) is 0 Å². The van der Waals surface area contributed by atoms with E-state index in [2.05, 4.69) is 39.5 Å². The Morgan fingerprint density at radius 3 is 2.63 bits per heavy atom. The van der Waals surface area contributed by atoms with E-state index in [1.54, 1.807) is 38.2 Å². The van der Waals surface area contributed by atoms with Gasteiger partial charge in [-0.25, -0.2) is 0 Å². The minimum atomic E-state index is -4.46. The van der Waals surface area contributed by atoms with Gasteiger partial charge in [0.1, 0.15) is 5.75 Å². The lowest BCUT2D eigenvalue weighted by atomic mass is 10.1. The van der Waals surface area contributed by atoms with E-state index in [1.807, 2.05) is 18.2 Å². The van der Waals surface area contributed by atoms with E-state index in [4.69, 9.17) is 13.8 Å². The fraction of sp³-hybridized carbons (Fsp3) is 0.433. The standard InChI is InChI=1S/C30H38N3O6PS/c1-30(2,3)39-40(35,36)38-22-33(17-14-32(15-18-33)27-7-6-8-28-25(27)13-20-41-28)16-4-5-19-37-24-11-9-23-10-12-29(34)31-26(23)21-24/h6-13,20-21H,4-5,14-19,22H2,1-3H3,(H-,31,34,35,36). The second-order valence-electron chi connectivity index (χ2n) is 11.6. The van der Waals surface area contributed by atoms with Crippen molar-refractivity contribution in [2.75, 3.05) is 51.0 Å². The Morgan fingerprint density at radius 1 is 1.07 bits per heavy atom. The predicted molar refractivity (Wildman–Crippen MR) is 163 cm³/mol. The van der Waals surface area contributed by atoms with E-state index in [-0.39, 0.29) is 12.3 Å². The summed E-state index contributed by atoms with van der Waals surface area (Å²) in [6, 6.07) is 17.5. The average Bonchev–Trinajstić information content (AvgIpc) is 3.40. The number of hydrogen-bond donors (Lipinski definition) is 1. The number of nitrogens with one attached hydrogen (secondary N) is 1. The first-order valence-corrected chi connectivity index (χ1v) is 16.3. The van der Waals surface area contributed by atoms with Crippen LogP contribution in [0.4, 0.5) is 5.69 Å². The van der Waals surface area contributed by atoms with Crippen LogP contribution in [0.5, 0.6) is 5.75 Å². The Hall–Kier alpha value is -2.72. The van der Waals surface area contributed by atoms with Crippen molar-refractivity contribution in [1.29, 1.82) is 0 Å². The molecule has 0 radical (unpaired) electrons. The van der Waals surface area contributed by atoms with Crippen molar-refractivity contribution in [3.05, 3.63) is 70.3 Å². The van der Waals surface area contributed by atoms with Crippen molar-refractivity contribution in [1.82, 2.24) is 4.98 Å². The number of phosphoric acid groups is 1. The van der Waals surface area contributed by atoms with Gasteiger partial charge in [-0.1, -0.05) is 6.07 Å². The van der Waals surface area contributed by atoms with Crippen molar-refractivity contribution < 1.29 is 27.7 Å². The van der Waals surface area contributed by atoms with Gasteiger partial charge < -0.3 is 24.0 Å². The molecule has 5 rings (SSSR count). The number of aromatic nitrogens is 1. The fourth-order valence-electron chi connectivity index (χ4n) is 5.31. The molecule has 0 bridgehead atoms. The molecule has 4 aromatic rings. The van der Waals surface area contributed by atoms with E-state index in [9.17, 15) is 14.3 Å². The number of H-pyrrole nitrogens is 1. The first kappa shape index (κ1) is 29.8. The van der Waals surface area contributed by atoms with Crippen LogP contribution in [0.25, 0.3) is 21.0 Å². The van der Waals surface area contributed by atoms with Gasteiger partial charge in [-0.15, -0.1) is 11.3 Å². The van der Waals surface area contributed by atoms with Crippen LogP contribution in [0.1, 0.15) is 33.6 Å². The Kier molecular flexibility index (Phi) is 8.90. The SMILES string of the molecule is CC(C)(C)OP(=O)([O-])OC[N+]1(CCCCOc2ccc3ccc(=O)[nH]c3c2)CCN(c2cccc3sccc23)CC1. The van der Waals surface area contributed by atoms with Crippen LogP contribution >= 0.6 is 19.2 Å². The summed E-state index contributed by atoms with van der Waals surface area (Å²) in [7, 11) is -4.46. The molecule has 1 unspecified atom stereocenters. The number of ether oxygens (including phenoxy) is 1. The second-order valence-corrected chi connectivity index (χ2v) is 13.9. The number of aromatic amines is 1. The van der Waals surface area contributed by atoms with Crippen LogP contribution < -0.4 is 20.1 Å². The van der Waals surface area contributed by atoms with E-state index in [0.717, 1.165) is 56.5 Å². The van der Waals surface area contributed by atoms with Crippen LogP contribution in [0, 0.1) is 0 Å². The third kappa shape index (κ3) is 7.77. The summed E-state index contributed by atoms with van der Waals surface area (Å²) in [6.45, 7) is 9.53. The molecule has 1 aliphatic rings. The van der Waals surface area contributed by atoms with Gasteiger partial charge in [0.25, 0.3) is 7.82 Å². The van der Waals surface area contributed by atoms with Gasteiger partial charge in [0, 0.05) is 27.9 Å². The summed E-state index contributed by atoms with van der Waals surface area (Å²) in [5.74, 6) is 0.703. The van der Waals surface area contributed by atoms with Crippen LogP contribution in [0.3, 0.4) is 0 Å². The fourth-order valence-corrected chi connectivity index (χ4v) is 7.23. The number of fused-ring (bicyclic) bond motifs is 2. The summed E-state index contributed by atoms with van der Waals surface area (Å²) >= 11 is 1.74. The highest BCUT2D eigenvalue weighted by molar-refractivity contribution is 7.45. The number of piperazine rings is 1. The third-order valence-corrected chi connectivity index (χ3v) is 9.45.